The molecular formula is C18H24N4OS. The molecule has 0 unspecified atom stereocenters. The molecule has 1 aromatic heterocycles. The van der Waals surface area contributed by atoms with Crippen LogP contribution in [0.5, 0.6) is 0 Å². The lowest BCUT2D eigenvalue weighted by atomic mass is 10.2. The first-order valence-electron chi connectivity index (χ1n) is 7.84. The van der Waals surface area contributed by atoms with Crippen molar-refractivity contribution in [2.45, 2.75) is 32.5 Å². The average molecular weight is 344 g/mol. The second kappa shape index (κ2) is 8.15. The topological polar surface area (TPSA) is 58.1 Å². The summed E-state index contributed by atoms with van der Waals surface area (Å²) in [6, 6.07) is 8.14. The molecule has 0 fully saturated rings. The highest BCUT2D eigenvalue weighted by molar-refractivity contribution is 7.99. The van der Waals surface area contributed by atoms with Crippen LogP contribution >= 0.6 is 11.8 Å². The Morgan fingerprint density at radius 3 is 2.21 bits per heavy atom. The number of thioether (sulfide) groups is 1. The average Bonchev–Trinajstić information content (AvgIpc) is 2.56. The summed E-state index contributed by atoms with van der Waals surface area (Å²) >= 11 is 1.37. The van der Waals surface area contributed by atoms with Crippen molar-refractivity contribution in [1.82, 2.24) is 15.3 Å². The first-order valence-corrected chi connectivity index (χ1v) is 8.83. The fourth-order valence-electron chi connectivity index (χ4n) is 2.10. The van der Waals surface area contributed by atoms with Gasteiger partial charge in [-0.2, -0.15) is 0 Å². The molecule has 5 nitrogen and oxygen atoms in total. The van der Waals surface area contributed by atoms with Gasteiger partial charge < -0.3 is 10.2 Å². The van der Waals surface area contributed by atoms with Gasteiger partial charge >= 0.3 is 0 Å². The normalized spacial score (nSPS) is 10.5. The molecule has 0 aliphatic heterocycles. The Morgan fingerprint density at radius 1 is 1.08 bits per heavy atom. The molecule has 0 saturated carbocycles. The Kier molecular flexibility index (Phi) is 6.20. The standard InChI is InChI=1S/C18H24N4OS/c1-12-13(2)20-18(21-14(12)3)24-11-17(23)19-10-15-6-8-16(9-7-15)22(4)5/h6-9H,10-11H2,1-5H3,(H,19,23). The van der Waals surface area contributed by atoms with Crippen LogP contribution in [0.25, 0.3) is 0 Å². The molecule has 2 aromatic rings. The molecule has 24 heavy (non-hydrogen) atoms. The van der Waals surface area contributed by atoms with Crippen LogP contribution in [0.1, 0.15) is 22.5 Å². The van der Waals surface area contributed by atoms with Gasteiger partial charge in [-0.25, -0.2) is 9.97 Å². The van der Waals surface area contributed by atoms with E-state index in [1.54, 1.807) is 0 Å². The Bertz CT molecular complexity index is 690. The van der Waals surface area contributed by atoms with Crippen molar-refractivity contribution in [2.75, 3.05) is 24.7 Å². The summed E-state index contributed by atoms with van der Waals surface area (Å²) in [7, 11) is 4.01. The van der Waals surface area contributed by atoms with Gasteiger partial charge in [0.15, 0.2) is 5.16 Å². The predicted molar refractivity (Wildman–Crippen MR) is 99.6 cm³/mol. The van der Waals surface area contributed by atoms with Gasteiger partial charge in [0.25, 0.3) is 0 Å². The number of rotatable bonds is 6. The van der Waals surface area contributed by atoms with Crippen molar-refractivity contribution < 1.29 is 4.79 Å². The van der Waals surface area contributed by atoms with Crippen LogP contribution < -0.4 is 10.2 Å². The van der Waals surface area contributed by atoms with Crippen molar-refractivity contribution in [2.24, 2.45) is 0 Å². The number of amides is 1. The van der Waals surface area contributed by atoms with Crippen molar-refractivity contribution in [3.63, 3.8) is 0 Å². The quantitative estimate of drug-likeness (QED) is 0.645. The number of carbonyl (C=O) groups excluding carboxylic acids is 1. The maximum Gasteiger partial charge on any atom is 0.230 e. The van der Waals surface area contributed by atoms with E-state index in [4.69, 9.17) is 0 Å². The third kappa shape index (κ3) is 4.96. The predicted octanol–water partition coefficient (Wildman–Crippen LogP) is 2.88. The molecule has 0 aliphatic rings. The van der Waals surface area contributed by atoms with Crippen molar-refractivity contribution in [3.8, 4) is 0 Å². The summed E-state index contributed by atoms with van der Waals surface area (Å²) in [4.78, 5) is 22.9. The minimum absolute atomic E-state index is 0.0174. The Labute approximate surface area is 147 Å². The van der Waals surface area contributed by atoms with Crippen LogP contribution in [0, 0.1) is 20.8 Å². The number of hydrogen-bond donors (Lipinski definition) is 1. The highest BCUT2D eigenvalue weighted by Crippen LogP contribution is 2.17. The fraction of sp³-hybridized carbons (Fsp3) is 0.389. The number of anilines is 1. The van der Waals surface area contributed by atoms with Crippen LogP contribution in [0.4, 0.5) is 5.69 Å². The molecule has 1 N–H and O–H groups in total. The van der Waals surface area contributed by atoms with E-state index in [0.717, 1.165) is 28.2 Å². The molecule has 1 amide bonds. The zero-order chi connectivity index (χ0) is 17.7. The highest BCUT2D eigenvalue weighted by Gasteiger charge is 2.08. The third-order valence-corrected chi connectivity index (χ3v) is 4.73. The van der Waals surface area contributed by atoms with Gasteiger partial charge in [-0.05, 0) is 44.0 Å². The zero-order valence-electron chi connectivity index (χ0n) is 14.9. The van der Waals surface area contributed by atoms with E-state index >= 15 is 0 Å². The third-order valence-electron chi connectivity index (χ3n) is 3.89. The van der Waals surface area contributed by atoms with E-state index in [9.17, 15) is 4.79 Å². The second-order valence-electron chi connectivity index (χ2n) is 5.93. The van der Waals surface area contributed by atoms with Gasteiger partial charge in [0.2, 0.25) is 5.91 Å². The largest absolute Gasteiger partial charge is 0.378 e. The molecule has 0 atom stereocenters. The van der Waals surface area contributed by atoms with Crippen molar-refractivity contribution >= 4 is 23.4 Å². The molecule has 0 saturated heterocycles. The SMILES string of the molecule is Cc1nc(SCC(=O)NCc2ccc(N(C)C)cc2)nc(C)c1C. The lowest BCUT2D eigenvalue weighted by Gasteiger charge is -2.13. The molecule has 0 spiro atoms. The summed E-state index contributed by atoms with van der Waals surface area (Å²) in [5.74, 6) is 0.300. The summed E-state index contributed by atoms with van der Waals surface area (Å²) in [6.07, 6.45) is 0. The van der Waals surface area contributed by atoms with Crippen LogP contribution in [-0.4, -0.2) is 35.7 Å². The molecule has 1 aromatic carbocycles. The lowest BCUT2D eigenvalue weighted by Crippen LogP contribution is -2.24. The molecule has 128 valence electrons. The smallest absolute Gasteiger partial charge is 0.230 e. The lowest BCUT2D eigenvalue weighted by molar-refractivity contribution is -0.118. The van der Waals surface area contributed by atoms with Crippen LogP contribution in [0.3, 0.4) is 0 Å². The van der Waals surface area contributed by atoms with Gasteiger partial charge in [-0.3, -0.25) is 4.79 Å². The molecule has 0 radical (unpaired) electrons. The number of aryl methyl sites for hydroxylation is 2. The first kappa shape index (κ1) is 18.3. The maximum absolute atomic E-state index is 12.0. The number of aromatic nitrogens is 2. The van der Waals surface area contributed by atoms with Crippen LogP contribution in [0.2, 0.25) is 0 Å². The summed E-state index contributed by atoms with van der Waals surface area (Å²) in [5, 5.41) is 3.58. The van der Waals surface area contributed by atoms with E-state index in [1.807, 2.05) is 64.0 Å². The second-order valence-corrected chi connectivity index (χ2v) is 6.87. The van der Waals surface area contributed by atoms with Gasteiger partial charge in [-0.1, -0.05) is 23.9 Å². The highest BCUT2D eigenvalue weighted by atomic mass is 32.2. The molecule has 0 aliphatic carbocycles. The number of hydrogen-bond acceptors (Lipinski definition) is 5. The Hall–Kier alpha value is -2.08. The molecule has 6 heteroatoms. The number of nitrogens with zero attached hydrogens (tertiary/aromatic N) is 3. The van der Waals surface area contributed by atoms with E-state index in [0.29, 0.717) is 17.5 Å². The van der Waals surface area contributed by atoms with Gasteiger partial charge in [0.1, 0.15) is 0 Å². The van der Waals surface area contributed by atoms with Gasteiger partial charge in [0.05, 0.1) is 5.75 Å². The molecular weight excluding hydrogens is 320 g/mol. The number of benzene rings is 1. The summed E-state index contributed by atoms with van der Waals surface area (Å²) in [6.45, 7) is 6.46. The minimum Gasteiger partial charge on any atom is -0.378 e. The van der Waals surface area contributed by atoms with Crippen LogP contribution in [-0.2, 0) is 11.3 Å². The minimum atomic E-state index is -0.0174. The molecule has 1 heterocycles. The number of carbonyl (C=O) groups is 1. The van der Waals surface area contributed by atoms with Crippen molar-refractivity contribution in [3.05, 3.63) is 46.8 Å². The van der Waals surface area contributed by atoms with E-state index in [-0.39, 0.29) is 5.91 Å². The first-order chi connectivity index (χ1) is 11.4. The van der Waals surface area contributed by atoms with E-state index in [1.165, 1.54) is 11.8 Å². The number of nitrogens with one attached hydrogen (secondary N) is 1. The van der Waals surface area contributed by atoms with Gasteiger partial charge in [-0.15, -0.1) is 0 Å². The molecule has 2 rings (SSSR count). The van der Waals surface area contributed by atoms with Crippen LogP contribution in [0.15, 0.2) is 29.4 Å². The maximum atomic E-state index is 12.0. The Morgan fingerprint density at radius 2 is 1.67 bits per heavy atom. The van der Waals surface area contributed by atoms with E-state index < -0.39 is 0 Å². The zero-order valence-corrected chi connectivity index (χ0v) is 15.7. The Balaban J connectivity index is 1.83. The molecule has 0 bridgehead atoms. The van der Waals surface area contributed by atoms with Crippen molar-refractivity contribution in [1.29, 1.82) is 0 Å². The monoisotopic (exact) mass is 344 g/mol. The fourth-order valence-corrected chi connectivity index (χ4v) is 2.86. The summed E-state index contributed by atoms with van der Waals surface area (Å²) < 4.78 is 0. The summed E-state index contributed by atoms with van der Waals surface area (Å²) in [5.41, 5.74) is 5.25. The van der Waals surface area contributed by atoms with Gasteiger partial charge in [0, 0.05) is 37.7 Å². The van der Waals surface area contributed by atoms with E-state index in [2.05, 4.69) is 15.3 Å².